The quantitative estimate of drug-likeness (QED) is 0.623. The third kappa shape index (κ3) is 3.57. The van der Waals surface area contributed by atoms with E-state index >= 15 is 0 Å². The molecule has 1 saturated carbocycles. The van der Waals surface area contributed by atoms with E-state index < -0.39 is 0 Å². The molecule has 5 heteroatoms. The lowest BCUT2D eigenvalue weighted by Gasteiger charge is -2.16. The highest BCUT2D eigenvalue weighted by Crippen LogP contribution is 2.49. The van der Waals surface area contributed by atoms with Gasteiger partial charge < -0.3 is 19.8 Å². The number of fused-ring (bicyclic) bond motifs is 1. The molecule has 2 aromatic carbocycles. The van der Waals surface area contributed by atoms with E-state index in [0.717, 1.165) is 23.9 Å². The van der Waals surface area contributed by atoms with Crippen LogP contribution in [-0.4, -0.2) is 31.7 Å². The van der Waals surface area contributed by atoms with Gasteiger partial charge in [-0.15, -0.1) is 0 Å². The summed E-state index contributed by atoms with van der Waals surface area (Å²) in [7, 11) is 3.24. The minimum absolute atomic E-state index is 0.0819. The smallest absolute Gasteiger partial charge is 0.220 e. The van der Waals surface area contributed by atoms with E-state index in [1.165, 1.54) is 10.9 Å². The maximum atomic E-state index is 12.4. The van der Waals surface area contributed by atoms with Gasteiger partial charge in [-0.3, -0.25) is 4.79 Å². The number of benzene rings is 2. The maximum absolute atomic E-state index is 12.4. The molecule has 0 radical (unpaired) electrons. The first kappa shape index (κ1) is 18.4. The van der Waals surface area contributed by atoms with E-state index in [0.29, 0.717) is 30.9 Å². The van der Waals surface area contributed by atoms with Crippen molar-refractivity contribution in [2.75, 3.05) is 20.8 Å². The fourth-order valence-corrected chi connectivity index (χ4v) is 3.85. The van der Waals surface area contributed by atoms with Crippen LogP contribution in [-0.2, 0) is 16.6 Å². The second kappa shape index (κ2) is 7.58. The van der Waals surface area contributed by atoms with Gasteiger partial charge in [0.2, 0.25) is 5.91 Å². The van der Waals surface area contributed by atoms with Crippen LogP contribution in [0.25, 0.3) is 10.9 Å². The first-order valence-electron chi connectivity index (χ1n) is 9.69. The monoisotopic (exact) mass is 378 g/mol. The van der Waals surface area contributed by atoms with Crippen LogP contribution < -0.4 is 14.8 Å². The average molecular weight is 378 g/mol. The lowest BCUT2D eigenvalue weighted by atomic mass is 9.95. The van der Waals surface area contributed by atoms with Crippen LogP contribution in [0.1, 0.15) is 30.4 Å². The number of rotatable bonds is 8. The predicted molar refractivity (Wildman–Crippen MR) is 110 cm³/mol. The molecular weight excluding hydrogens is 352 g/mol. The minimum atomic E-state index is 0.0819. The van der Waals surface area contributed by atoms with Gasteiger partial charge in [-0.2, -0.15) is 0 Å². The summed E-state index contributed by atoms with van der Waals surface area (Å²) in [6.07, 6.45) is 5.47. The van der Waals surface area contributed by atoms with Crippen molar-refractivity contribution in [3.05, 3.63) is 59.8 Å². The van der Waals surface area contributed by atoms with Crippen molar-refractivity contribution in [3.8, 4) is 11.5 Å². The number of carbonyl (C=O) groups excluding carboxylic acids is 1. The first-order valence-corrected chi connectivity index (χ1v) is 9.69. The highest BCUT2D eigenvalue weighted by molar-refractivity contribution is 5.85. The molecule has 0 spiro atoms. The van der Waals surface area contributed by atoms with Crippen LogP contribution in [0.5, 0.6) is 11.5 Å². The SMILES string of the molecule is COc1ccc(CCC(=O)NCC2(c3c[nH]c4ccccc34)CC2)cc1OC. The zero-order chi connectivity index (χ0) is 19.6. The van der Waals surface area contributed by atoms with Crippen LogP contribution in [0.4, 0.5) is 0 Å². The number of aryl methyl sites for hydroxylation is 1. The number of methoxy groups -OCH3 is 2. The van der Waals surface area contributed by atoms with Gasteiger partial charge >= 0.3 is 0 Å². The predicted octanol–water partition coefficient (Wildman–Crippen LogP) is 3.97. The van der Waals surface area contributed by atoms with Crippen molar-refractivity contribution in [2.24, 2.45) is 0 Å². The van der Waals surface area contributed by atoms with Crippen molar-refractivity contribution in [1.29, 1.82) is 0 Å². The second-order valence-corrected chi connectivity index (χ2v) is 7.49. The van der Waals surface area contributed by atoms with E-state index in [9.17, 15) is 4.79 Å². The summed E-state index contributed by atoms with van der Waals surface area (Å²) >= 11 is 0. The molecule has 5 nitrogen and oxygen atoms in total. The summed E-state index contributed by atoms with van der Waals surface area (Å²) < 4.78 is 10.6. The number of hydrogen-bond acceptors (Lipinski definition) is 3. The highest BCUT2D eigenvalue weighted by Gasteiger charge is 2.45. The molecule has 0 bridgehead atoms. The fraction of sp³-hybridized carbons (Fsp3) is 0.348. The molecule has 146 valence electrons. The van der Waals surface area contributed by atoms with Gasteiger partial charge in [0.1, 0.15) is 0 Å². The number of H-pyrrole nitrogens is 1. The van der Waals surface area contributed by atoms with Crippen LogP contribution in [0, 0.1) is 0 Å². The third-order valence-electron chi connectivity index (χ3n) is 5.73. The van der Waals surface area contributed by atoms with E-state index in [1.807, 2.05) is 24.3 Å². The minimum Gasteiger partial charge on any atom is -0.493 e. The van der Waals surface area contributed by atoms with Crippen molar-refractivity contribution in [1.82, 2.24) is 10.3 Å². The Morgan fingerprint density at radius 2 is 1.89 bits per heavy atom. The Balaban J connectivity index is 1.35. The molecule has 0 unspecified atom stereocenters. The van der Waals surface area contributed by atoms with E-state index in [1.54, 1.807) is 14.2 Å². The largest absolute Gasteiger partial charge is 0.493 e. The molecule has 0 aliphatic heterocycles. The van der Waals surface area contributed by atoms with Gasteiger partial charge in [-0.05, 0) is 48.6 Å². The first-order chi connectivity index (χ1) is 13.6. The van der Waals surface area contributed by atoms with E-state index in [2.05, 4.69) is 34.7 Å². The lowest BCUT2D eigenvalue weighted by molar-refractivity contribution is -0.121. The lowest BCUT2D eigenvalue weighted by Crippen LogP contribution is -2.32. The summed E-state index contributed by atoms with van der Waals surface area (Å²) in [6, 6.07) is 14.1. The van der Waals surface area contributed by atoms with E-state index in [-0.39, 0.29) is 11.3 Å². The molecule has 1 aliphatic rings. The zero-order valence-corrected chi connectivity index (χ0v) is 16.4. The Morgan fingerprint density at radius 1 is 1.11 bits per heavy atom. The topological polar surface area (TPSA) is 63.3 Å². The van der Waals surface area contributed by atoms with Gasteiger partial charge in [0, 0.05) is 35.5 Å². The molecule has 3 aromatic rings. The number of aromatic nitrogens is 1. The van der Waals surface area contributed by atoms with Gasteiger partial charge in [-0.1, -0.05) is 24.3 Å². The summed E-state index contributed by atoms with van der Waals surface area (Å²) in [5.41, 5.74) is 3.62. The van der Waals surface area contributed by atoms with Crippen LogP contribution in [0.3, 0.4) is 0 Å². The Kier molecular flexibility index (Phi) is 4.99. The van der Waals surface area contributed by atoms with Crippen molar-refractivity contribution < 1.29 is 14.3 Å². The molecule has 1 fully saturated rings. The molecule has 1 amide bonds. The average Bonchev–Trinajstić information content (AvgIpc) is 3.40. The van der Waals surface area contributed by atoms with Crippen LogP contribution >= 0.6 is 0 Å². The van der Waals surface area contributed by atoms with Crippen molar-refractivity contribution in [2.45, 2.75) is 31.1 Å². The molecule has 2 N–H and O–H groups in total. The normalized spacial score (nSPS) is 14.6. The number of para-hydroxylation sites is 1. The van der Waals surface area contributed by atoms with E-state index in [4.69, 9.17) is 9.47 Å². The molecule has 28 heavy (non-hydrogen) atoms. The summed E-state index contributed by atoms with van der Waals surface area (Å²) in [6.45, 7) is 0.694. The Bertz CT molecular complexity index is 988. The standard InChI is InChI=1S/C23H26N2O3/c1-27-20-9-7-16(13-21(20)28-2)8-10-22(26)25-15-23(11-12-23)18-14-24-19-6-4-3-5-17(18)19/h3-7,9,13-14,24H,8,10-12,15H2,1-2H3,(H,25,26). The van der Waals surface area contributed by atoms with Gasteiger partial charge in [0.15, 0.2) is 11.5 Å². The Labute approximate surface area is 165 Å². The molecule has 0 saturated heterocycles. The van der Waals surface area contributed by atoms with Gasteiger partial charge in [-0.25, -0.2) is 0 Å². The Morgan fingerprint density at radius 3 is 2.64 bits per heavy atom. The van der Waals surface area contributed by atoms with Crippen LogP contribution in [0.15, 0.2) is 48.7 Å². The number of aromatic amines is 1. The summed E-state index contributed by atoms with van der Waals surface area (Å²) in [4.78, 5) is 15.8. The number of carbonyl (C=O) groups is 1. The molecule has 4 rings (SSSR count). The number of amides is 1. The second-order valence-electron chi connectivity index (χ2n) is 7.49. The van der Waals surface area contributed by atoms with Gasteiger partial charge in [0.25, 0.3) is 0 Å². The van der Waals surface area contributed by atoms with Gasteiger partial charge in [0.05, 0.1) is 14.2 Å². The molecule has 1 aliphatic carbocycles. The molecule has 0 atom stereocenters. The van der Waals surface area contributed by atoms with Crippen LogP contribution in [0.2, 0.25) is 0 Å². The summed E-state index contributed by atoms with van der Waals surface area (Å²) in [5.74, 6) is 1.47. The molecule has 1 aromatic heterocycles. The number of ether oxygens (including phenoxy) is 2. The maximum Gasteiger partial charge on any atom is 0.220 e. The highest BCUT2D eigenvalue weighted by atomic mass is 16.5. The number of hydrogen-bond donors (Lipinski definition) is 2. The third-order valence-corrected chi connectivity index (χ3v) is 5.73. The number of nitrogens with one attached hydrogen (secondary N) is 2. The van der Waals surface area contributed by atoms with Crippen molar-refractivity contribution in [3.63, 3.8) is 0 Å². The Hall–Kier alpha value is -2.95. The zero-order valence-electron chi connectivity index (χ0n) is 16.4. The molecule has 1 heterocycles. The van der Waals surface area contributed by atoms with Crippen molar-refractivity contribution >= 4 is 16.8 Å². The molecular formula is C23H26N2O3. The summed E-state index contributed by atoms with van der Waals surface area (Å²) in [5, 5.41) is 4.41. The fourth-order valence-electron chi connectivity index (χ4n) is 3.85.